The van der Waals surface area contributed by atoms with Gasteiger partial charge in [0.05, 0.1) is 6.26 Å². The van der Waals surface area contributed by atoms with Crippen LogP contribution in [-0.4, -0.2) is 29.2 Å². The molecule has 0 aliphatic carbocycles. The Morgan fingerprint density at radius 1 is 1.13 bits per heavy atom. The van der Waals surface area contributed by atoms with Crippen LogP contribution in [0.4, 0.5) is 0 Å². The highest BCUT2D eigenvalue weighted by molar-refractivity contribution is 6.28. The minimum atomic E-state index is -0.415. The molecule has 0 aromatic carbocycles. The number of aryl methyl sites for hydroxylation is 3. The summed E-state index contributed by atoms with van der Waals surface area (Å²) in [5, 5.41) is 4.07. The molecule has 0 aliphatic rings. The number of imidazole rings is 1. The average Bonchev–Trinajstić information content (AvgIpc) is 3.47. The highest BCUT2D eigenvalue weighted by Crippen LogP contribution is 2.22. The second kappa shape index (κ2) is 8.93. The number of hydrogen-bond donors (Lipinski definition) is 1. The fourth-order valence-corrected chi connectivity index (χ4v) is 3.62. The van der Waals surface area contributed by atoms with Crippen LogP contribution in [0.25, 0.3) is 22.8 Å². The van der Waals surface area contributed by atoms with E-state index in [1.54, 1.807) is 6.26 Å². The van der Waals surface area contributed by atoms with Gasteiger partial charge in [0.2, 0.25) is 5.28 Å². The molecular weight excluding hydrogens is 424 g/mol. The van der Waals surface area contributed by atoms with Gasteiger partial charge in [-0.25, -0.2) is 4.79 Å². The molecule has 0 bridgehead atoms. The van der Waals surface area contributed by atoms with Crippen molar-refractivity contribution in [3.63, 3.8) is 0 Å². The van der Waals surface area contributed by atoms with Gasteiger partial charge < -0.3 is 13.9 Å². The first kappa shape index (κ1) is 21.1. The van der Waals surface area contributed by atoms with Crippen molar-refractivity contribution in [1.29, 1.82) is 0 Å². The predicted molar refractivity (Wildman–Crippen MR) is 114 cm³/mol. The molecule has 4 aromatic heterocycles. The Morgan fingerprint density at radius 2 is 1.94 bits per heavy atom. The van der Waals surface area contributed by atoms with E-state index in [9.17, 15) is 9.59 Å². The van der Waals surface area contributed by atoms with Gasteiger partial charge in [-0.2, -0.15) is 9.97 Å². The van der Waals surface area contributed by atoms with E-state index in [1.807, 2.05) is 19.9 Å². The molecule has 0 atom stereocenters. The highest BCUT2D eigenvalue weighted by atomic mass is 35.5. The molecule has 0 fully saturated rings. The number of nitrogens with one attached hydrogen (secondary N) is 1. The van der Waals surface area contributed by atoms with E-state index in [1.165, 1.54) is 9.13 Å². The summed E-state index contributed by atoms with van der Waals surface area (Å²) in [7, 11) is 0. The topological polar surface area (TPSA) is 125 Å². The van der Waals surface area contributed by atoms with Crippen molar-refractivity contribution < 1.29 is 8.94 Å². The Labute approximate surface area is 181 Å². The van der Waals surface area contributed by atoms with Crippen molar-refractivity contribution in [3.8, 4) is 11.7 Å². The Balaban J connectivity index is 1.47. The molecule has 0 aliphatic heterocycles. The van der Waals surface area contributed by atoms with Gasteiger partial charge in [0, 0.05) is 25.1 Å². The van der Waals surface area contributed by atoms with Crippen LogP contribution in [0, 0.1) is 6.92 Å². The molecule has 0 saturated carbocycles. The number of rotatable bonds is 9. The van der Waals surface area contributed by atoms with Crippen LogP contribution in [0.15, 0.2) is 30.9 Å². The van der Waals surface area contributed by atoms with Crippen LogP contribution >= 0.6 is 11.6 Å². The number of unbranched alkanes of at least 4 members (excludes halogenated alkanes) is 2. The molecule has 4 rings (SSSR count). The summed E-state index contributed by atoms with van der Waals surface area (Å²) in [6, 6.07) is 1.83. The third-order valence-electron chi connectivity index (χ3n) is 5.12. The summed E-state index contributed by atoms with van der Waals surface area (Å²) in [4.78, 5) is 37.0. The molecule has 1 N–H and O–H groups in total. The second-order valence-electron chi connectivity index (χ2n) is 7.38. The number of H-pyrrole nitrogens is 1. The third-order valence-corrected chi connectivity index (χ3v) is 5.30. The lowest BCUT2D eigenvalue weighted by Gasteiger charge is -2.10. The molecule has 164 valence electrons. The molecule has 0 spiro atoms. The Hall–Kier alpha value is -3.14. The Kier molecular flexibility index (Phi) is 6.08. The van der Waals surface area contributed by atoms with Crippen molar-refractivity contribution in [1.82, 2.24) is 29.2 Å². The number of hydrogen-bond acceptors (Lipinski definition) is 7. The maximum atomic E-state index is 12.9. The molecule has 0 amide bonds. The first-order valence-corrected chi connectivity index (χ1v) is 10.6. The lowest BCUT2D eigenvalue weighted by Crippen LogP contribution is -2.40. The quantitative estimate of drug-likeness (QED) is 0.309. The van der Waals surface area contributed by atoms with Gasteiger partial charge in [0.15, 0.2) is 22.7 Å². The van der Waals surface area contributed by atoms with Crippen molar-refractivity contribution in [2.45, 2.75) is 59.0 Å². The normalized spacial score (nSPS) is 11.6. The molecular formula is C20H23ClN6O4. The molecule has 11 heteroatoms. The smallest absolute Gasteiger partial charge is 0.332 e. The van der Waals surface area contributed by atoms with E-state index >= 15 is 0 Å². The first-order valence-electron chi connectivity index (χ1n) is 10.3. The first-order chi connectivity index (χ1) is 15.0. The Morgan fingerprint density at radius 3 is 2.68 bits per heavy atom. The largest absolute Gasteiger partial charge is 0.459 e. The number of nitrogens with zero attached hydrogens (tertiary/aromatic N) is 5. The summed E-state index contributed by atoms with van der Waals surface area (Å²) < 4.78 is 13.4. The van der Waals surface area contributed by atoms with Crippen LogP contribution in [-0.2, 0) is 19.5 Å². The van der Waals surface area contributed by atoms with E-state index < -0.39 is 5.56 Å². The maximum Gasteiger partial charge on any atom is 0.332 e. The van der Waals surface area contributed by atoms with Crippen molar-refractivity contribution in [2.24, 2.45) is 0 Å². The Bertz CT molecular complexity index is 1310. The lowest BCUT2D eigenvalue weighted by molar-refractivity contribution is 0.407. The van der Waals surface area contributed by atoms with Crippen molar-refractivity contribution in [2.75, 3.05) is 0 Å². The van der Waals surface area contributed by atoms with Crippen molar-refractivity contribution in [3.05, 3.63) is 49.8 Å². The van der Waals surface area contributed by atoms with Gasteiger partial charge in [-0.1, -0.05) is 18.5 Å². The third kappa shape index (κ3) is 4.20. The van der Waals surface area contributed by atoms with Gasteiger partial charge in [0.25, 0.3) is 11.4 Å². The number of aromatic amines is 1. The maximum absolute atomic E-state index is 12.9. The zero-order valence-electron chi connectivity index (χ0n) is 17.4. The number of fused-ring (bicyclic) bond motifs is 1. The molecule has 0 unspecified atom stereocenters. The van der Waals surface area contributed by atoms with Gasteiger partial charge in [0.1, 0.15) is 0 Å². The summed E-state index contributed by atoms with van der Waals surface area (Å²) in [6.07, 6.45) is 5.12. The van der Waals surface area contributed by atoms with Crippen LogP contribution in [0.2, 0.25) is 5.28 Å². The SMILES string of the molecule is CCCCn1c(=O)n(CCCCc2noc(-c3occc3C)n2)c(=O)c2[nH]c(Cl)nc21. The summed E-state index contributed by atoms with van der Waals surface area (Å²) >= 11 is 5.95. The van der Waals surface area contributed by atoms with Gasteiger partial charge in [-0.15, -0.1) is 0 Å². The molecule has 10 nitrogen and oxygen atoms in total. The molecule has 4 aromatic rings. The van der Waals surface area contributed by atoms with Gasteiger partial charge in [-0.05, 0) is 43.9 Å². The zero-order chi connectivity index (χ0) is 22.0. The zero-order valence-corrected chi connectivity index (χ0v) is 18.1. The monoisotopic (exact) mass is 446 g/mol. The second-order valence-corrected chi connectivity index (χ2v) is 7.73. The van der Waals surface area contributed by atoms with E-state index in [-0.39, 0.29) is 23.0 Å². The van der Waals surface area contributed by atoms with E-state index in [2.05, 4.69) is 20.1 Å². The summed E-state index contributed by atoms with van der Waals surface area (Å²) in [6.45, 7) is 4.69. The number of furan rings is 1. The van der Waals surface area contributed by atoms with Crippen LogP contribution in [0.1, 0.15) is 44.0 Å². The molecule has 4 heterocycles. The standard InChI is InChI=1S/C20H23ClN6O4/c1-3-4-9-26-16-14(23-19(21)24-16)18(28)27(20(26)29)10-6-5-7-13-22-17(31-25-13)15-12(2)8-11-30-15/h8,11H,3-7,9-10H2,1-2H3,(H,23,24). The van der Waals surface area contributed by atoms with E-state index in [4.69, 9.17) is 20.5 Å². The van der Waals surface area contributed by atoms with Crippen LogP contribution in [0.5, 0.6) is 0 Å². The fourth-order valence-electron chi connectivity index (χ4n) is 3.45. The minimum absolute atomic E-state index is 0.0919. The van der Waals surface area contributed by atoms with Crippen molar-refractivity contribution >= 4 is 22.8 Å². The number of halogens is 1. The summed E-state index contributed by atoms with van der Waals surface area (Å²) in [5.74, 6) is 1.45. The van der Waals surface area contributed by atoms with Gasteiger partial charge >= 0.3 is 5.69 Å². The highest BCUT2D eigenvalue weighted by Gasteiger charge is 2.17. The lowest BCUT2D eigenvalue weighted by atomic mass is 10.2. The van der Waals surface area contributed by atoms with Crippen LogP contribution < -0.4 is 11.2 Å². The van der Waals surface area contributed by atoms with Gasteiger partial charge in [-0.3, -0.25) is 13.9 Å². The average molecular weight is 447 g/mol. The summed E-state index contributed by atoms with van der Waals surface area (Å²) in [5.41, 5.74) is 0.685. The molecule has 0 radical (unpaired) electrons. The number of aromatic nitrogens is 6. The van der Waals surface area contributed by atoms with Crippen LogP contribution in [0.3, 0.4) is 0 Å². The predicted octanol–water partition coefficient (Wildman–Crippen LogP) is 3.31. The molecule has 0 saturated heterocycles. The van der Waals surface area contributed by atoms with E-state index in [0.29, 0.717) is 48.9 Å². The minimum Gasteiger partial charge on any atom is -0.459 e. The van der Waals surface area contributed by atoms with E-state index in [0.717, 1.165) is 18.4 Å². The fraction of sp³-hybridized carbons (Fsp3) is 0.450. The molecule has 31 heavy (non-hydrogen) atoms.